The molecule has 0 radical (unpaired) electrons. The van der Waals surface area contributed by atoms with Crippen LogP contribution in [-0.2, 0) is 19.4 Å². The van der Waals surface area contributed by atoms with Crippen LogP contribution in [0.4, 0.5) is 0 Å². The number of benzene rings is 1. The van der Waals surface area contributed by atoms with Crippen LogP contribution < -0.4 is 0 Å². The van der Waals surface area contributed by atoms with E-state index in [1.54, 1.807) is 0 Å². The molecule has 0 aliphatic rings. The molecule has 4 rings (SSSR count). The van der Waals surface area contributed by atoms with Gasteiger partial charge < -0.3 is 4.57 Å². The molecule has 0 spiro atoms. The van der Waals surface area contributed by atoms with E-state index in [1.807, 2.05) is 0 Å². The summed E-state index contributed by atoms with van der Waals surface area (Å²) in [5.74, 6) is 2.67. The molecule has 0 saturated carbocycles. The van der Waals surface area contributed by atoms with Crippen molar-refractivity contribution in [3.8, 4) is 17.2 Å². The molecule has 0 atom stereocenters. The Morgan fingerprint density at radius 3 is 2.41 bits per heavy atom. The predicted molar refractivity (Wildman–Crippen MR) is 125 cm³/mol. The first-order valence-electron chi connectivity index (χ1n) is 11.5. The summed E-state index contributed by atoms with van der Waals surface area (Å²) >= 11 is 0. The standard InChI is InChI=1S/C24H32N8/c1-5-7-9-21-25-22(10-8-6-2)31(28-21)16-19-11-13-20(14-12-19)32-18(4)15-17(3)23(32)24-26-29-30-27-24/h11-15H,5-10,16H2,1-4H3,(H,26,27,29,30). The molecule has 0 bridgehead atoms. The Morgan fingerprint density at radius 1 is 0.969 bits per heavy atom. The molecule has 168 valence electrons. The number of rotatable bonds is 10. The van der Waals surface area contributed by atoms with E-state index >= 15 is 0 Å². The Morgan fingerprint density at radius 2 is 1.72 bits per heavy atom. The van der Waals surface area contributed by atoms with E-state index in [1.165, 1.54) is 5.56 Å². The second kappa shape index (κ2) is 9.89. The van der Waals surface area contributed by atoms with Crippen LogP contribution in [0.25, 0.3) is 17.2 Å². The van der Waals surface area contributed by atoms with Gasteiger partial charge in [-0.15, -0.1) is 10.2 Å². The Balaban J connectivity index is 1.59. The third-order valence-corrected chi connectivity index (χ3v) is 5.76. The van der Waals surface area contributed by atoms with Crippen molar-refractivity contribution >= 4 is 0 Å². The van der Waals surface area contributed by atoms with E-state index < -0.39 is 0 Å². The predicted octanol–water partition coefficient (Wildman–Crippen LogP) is 4.60. The molecule has 4 aromatic rings. The number of nitrogens with zero attached hydrogens (tertiary/aromatic N) is 7. The lowest BCUT2D eigenvalue weighted by Gasteiger charge is -2.12. The van der Waals surface area contributed by atoms with Crippen molar-refractivity contribution in [2.75, 3.05) is 0 Å². The van der Waals surface area contributed by atoms with Crippen molar-refractivity contribution in [3.05, 3.63) is 58.8 Å². The van der Waals surface area contributed by atoms with Gasteiger partial charge in [0.25, 0.3) is 0 Å². The van der Waals surface area contributed by atoms with Gasteiger partial charge in [0.2, 0.25) is 5.82 Å². The molecule has 32 heavy (non-hydrogen) atoms. The van der Waals surface area contributed by atoms with Crippen LogP contribution in [0.5, 0.6) is 0 Å². The number of hydrogen-bond donors (Lipinski definition) is 1. The maximum atomic E-state index is 4.83. The molecule has 8 heteroatoms. The number of aryl methyl sites for hydroxylation is 4. The molecular weight excluding hydrogens is 400 g/mol. The second-order valence-electron chi connectivity index (χ2n) is 8.36. The number of tetrazole rings is 1. The monoisotopic (exact) mass is 432 g/mol. The number of hydrogen-bond acceptors (Lipinski definition) is 5. The summed E-state index contributed by atoms with van der Waals surface area (Å²) < 4.78 is 4.26. The van der Waals surface area contributed by atoms with E-state index in [2.05, 4.69) is 87.9 Å². The van der Waals surface area contributed by atoms with Crippen molar-refractivity contribution < 1.29 is 0 Å². The van der Waals surface area contributed by atoms with Gasteiger partial charge in [0, 0.05) is 24.2 Å². The van der Waals surface area contributed by atoms with Crippen molar-refractivity contribution in [1.29, 1.82) is 0 Å². The summed E-state index contributed by atoms with van der Waals surface area (Å²) in [5.41, 5.74) is 5.50. The van der Waals surface area contributed by atoms with Gasteiger partial charge in [-0.05, 0) is 61.2 Å². The minimum absolute atomic E-state index is 0.600. The first-order chi connectivity index (χ1) is 15.6. The summed E-state index contributed by atoms with van der Waals surface area (Å²) in [6.45, 7) is 9.32. The van der Waals surface area contributed by atoms with Crippen LogP contribution >= 0.6 is 0 Å². The van der Waals surface area contributed by atoms with Gasteiger partial charge in [-0.2, -0.15) is 10.3 Å². The molecule has 8 nitrogen and oxygen atoms in total. The molecule has 3 aromatic heterocycles. The van der Waals surface area contributed by atoms with Crippen LogP contribution in [0.2, 0.25) is 0 Å². The summed E-state index contributed by atoms with van der Waals surface area (Å²) in [7, 11) is 0. The highest BCUT2D eigenvalue weighted by atomic mass is 15.5. The molecule has 0 saturated heterocycles. The number of aromatic nitrogens is 8. The van der Waals surface area contributed by atoms with E-state index in [0.29, 0.717) is 5.82 Å². The zero-order chi connectivity index (χ0) is 22.5. The zero-order valence-electron chi connectivity index (χ0n) is 19.5. The average Bonchev–Trinajstić information content (AvgIpc) is 3.51. The van der Waals surface area contributed by atoms with E-state index in [0.717, 1.165) is 79.4 Å². The second-order valence-corrected chi connectivity index (χ2v) is 8.36. The third-order valence-electron chi connectivity index (χ3n) is 5.76. The minimum Gasteiger partial charge on any atom is -0.311 e. The van der Waals surface area contributed by atoms with Gasteiger partial charge in [-0.3, -0.25) is 0 Å². The van der Waals surface area contributed by atoms with Crippen molar-refractivity contribution in [2.45, 2.75) is 72.8 Å². The third kappa shape index (κ3) is 4.64. The van der Waals surface area contributed by atoms with Gasteiger partial charge >= 0.3 is 0 Å². The SMILES string of the molecule is CCCCc1nc(CCCC)n(Cc2ccc(-n3c(C)cc(C)c3-c3nn[nH]n3)cc2)n1. The number of H-pyrrole nitrogens is 1. The molecule has 0 aliphatic heterocycles. The van der Waals surface area contributed by atoms with Gasteiger partial charge in [0.05, 0.1) is 12.2 Å². The van der Waals surface area contributed by atoms with Gasteiger partial charge in [-0.25, -0.2) is 9.67 Å². The maximum Gasteiger partial charge on any atom is 0.221 e. The molecule has 0 unspecified atom stereocenters. The largest absolute Gasteiger partial charge is 0.311 e. The van der Waals surface area contributed by atoms with Crippen LogP contribution in [0, 0.1) is 13.8 Å². The fourth-order valence-corrected chi connectivity index (χ4v) is 4.11. The van der Waals surface area contributed by atoms with Crippen molar-refractivity contribution in [1.82, 2.24) is 40.0 Å². The van der Waals surface area contributed by atoms with Gasteiger partial charge in [0.15, 0.2) is 5.82 Å². The Labute approximate surface area is 189 Å². The Bertz CT molecular complexity index is 1140. The Kier molecular flexibility index (Phi) is 6.78. The lowest BCUT2D eigenvalue weighted by molar-refractivity contribution is 0.612. The van der Waals surface area contributed by atoms with E-state index in [9.17, 15) is 0 Å². The van der Waals surface area contributed by atoms with Crippen LogP contribution in [0.1, 0.15) is 68.0 Å². The summed E-state index contributed by atoms with van der Waals surface area (Å²) in [6.07, 6.45) is 6.51. The van der Waals surface area contributed by atoms with Crippen molar-refractivity contribution in [2.24, 2.45) is 0 Å². The quantitative estimate of drug-likeness (QED) is 0.395. The molecule has 3 heterocycles. The lowest BCUT2D eigenvalue weighted by Crippen LogP contribution is -2.08. The first-order valence-corrected chi connectivity index (χ1v) is 11.5. The molecule has 0 fully saturated rings. The normalized spacial score (nSPS) is 11.4. The summed E-state index contributed by atoms with van der Waals surface area (Å²) in [4.78, 5) is 4.83. The van der Waals surface area contributed by atoms with Gasteiger partial charge in [0.1, 0.15) is 5.82 Å². The van der Waals surface area contributed by atoms with E-state index in [4.69, 9.17) is 10.1 Å². The highest BCUT2D eigenvalue weighted by Gasteiger charge is 2.17. The smallest absolute Gasteiger partial charge is 0.221 e. The number of nitrogens with one attached hydrogen (secondary N) is 1. The fourth-order valence-electron chi connectivity index (χ4n) is 4.11. The zero-order valence-corrected chi connectivity index (χ0v) is 19.5. The Hall–Kier alpha value is -3.29. The summed E-state index contributed by atoms with van der Waals surface area (Å²) in [5, 5.41) is 19.5. The summed E-state index contributed by atoms with van der Waals surface area (Å²) in [6, 6.07) is 10.8. The van der Waals surface area contributed by atoms with Crippen LogP contribution in [-0.4, -0.2) is 40.0 Å². The van der Waals surface area contributed by atoms with Crippen LogP contribution in [0.3, 0.4) is 0 Å². The minimum atomic E-state index is 0.600. The highest BCUT2D eigenvalue weighted by molar-refractivity contribution is 5.61. The maximum absolute atomic E-state index is 4.83. The molecule has 1 N–H and O–H groups in total. The molecule has 0 aliphatic carbocycles. The topological polar surface area (TPSA) is 90.1 Å². The first kappa shape index (κ1) is 21.9. The van der Waals surface area contributed by atoms with Crippen LogP contribution in [0.15, 0.2) is 30.3 Å². The highest BCUT2D eigenvalue weighted by Crippen LogP contribution is 2.27. The fraction of sp³-hybridized carbons (Fsp3) is 0.458. The number of aromatic amines is 1. The number of unbranched alkanes of at least 4 members (excludes halogenated alkanes) is 2. The average molecular weight is 433 g/mol. The van der Waals surface area contributed by atoms with Crippen molar-refractivity contribution in [3.63, 3.8) is 0 Å². The molecular formula is C24H32N8. The van der Waals surface area contributed by atoms with Gasteiger partial charge in [-0.1, -0.05) is 38.8 Å². The molecule has 1 aromatic carbocycles. The lowest BCUT2D eigenvalue weighted by atomic mass is 10.2. The van der Waals surface area contributed by atoms with E-state index in [-0.39, 0.29) is 0 Å². The molecule has 0 amide bonds.